The van der Waals surface area contributed by atoms with Crippen LogP contribution in [0.25, 0.3) is 0 Å². The van der Waals surface area contributed by atoms with Gasteiger partial charge in [0.05, 0.1) is 6.61 Å². The van der Waals surface area contributed by atoms with E-state index >= 15 is 0 Å². The summed E-state index contributed by atoms with van der Waals surface area (Å²) in [6, 6.07) is 11.5. The zero-order valence-electron chi connectivity index (χ0n) is 13.9. The van der Waals surface area contributed by atoms with Crippen LogP contribution in [0, 0.1) is 6.92 Å². The summed E-state index contributed by atoms with van der Waals surface area (Å²) in [6.07, 6.45) is 1.65. The van der Waals surface area contributed by atoms with E-state index in [0.29, 0.717) is 31.1 Å². The third kappa shape index (κ3) is 4.53. The number of methoxy groups -OCH3 is 1. The molecule has 5 heteroatoms. The number of amides is 1. The van der Waals surface area contributed by atoms with Crippen LogP contribution in [-0.4, -0.2) is 37.7 Å². The molecule has 0 atom stereocenters. The molecular weight excluding hydrogens is 290 g/mol. The Bertz CT molecular complexity index is 658. The van der Waals surface area contributed by atoms with E-state index in [-0.39, 0.29) is 5.91 Å². The highest BCUT2D eigenvalue weighted by Gasteiger charge is 2.16. The molecule has 2 rings (SSSR count). The maximum Gasteiger partial charge on any atom is 0.258 e. The van der Waals surface area contributed by atoms with Crippen LogP contribution < -0.4 is 10.2 Å². The second-order valence-electron chi connectivity index (χ2n) is 5.24. The number of anilines is 2. The molecule has 1 aromatic heterocycles. The Kier molecular flexibility index (Phi) is 6.11. The summed E-state index contributed by atoms with van der Waals surface area (Å²) in [6.45, 7) is 5.84. The fraction of sp³-hybridized carbons (Fsp3) is 0.333. The number of hydrogen-bond donors (Lipinski definition) is 1. The standard InChI is InChI=1S/C18H23N3O2/c1-4-21(16-7-5-6-14(2)12-16)18(22)15-8-9-19-17(13-15)20-10-11-23-3/h5-9,12-13H,4,10-11H2,1-3H3,(H,19,20). The number of carbonyl (C=O) groups excluding carboxylic acids is 1. The van der Waals surface area contributed by atoms with E-state index < -0.39 is 0 Å². The number of rotatable bonds is 7. The zero-order chi connectivity index (χ0) is 16.7. The molecule has 1 aromatic carbocycles. The number of nitrogens with zero attached hydrogens (tertiary/aromatic N) is 2. The molecular formula is C18H23N3O2. The predicted molar refractivity (Wildman–Crippen MR) is 93.1 cm³/mol. The van der Waals surface area contributed by atoms with Crippen molar-refractivity contribution in [1.82, 2.24) is 4.98 Å². The van der Waals surface area contributed by atoms with Crippen molar-refractivity contribution in [2.24, 2.45) is 0 Å². The largest absolute Gasteiger partial charge is 0.383 e. The van der Waals surface area contributed by atoms with E-state index in [1.165, 1.54) is 0 Å². The maximum absolute atomic E-state index is 12.8. The summed E-state index contributed by atoms with van der Waals surface area (Å²) < 4.78 is 5.00. The SMILES string of the molecule is CCN(C(=O)c1ccnc(NCCOC)c1)c1cccc(C)c1. The minimum atomic E-state index is -0.0321. The van der Waals surface area contributed by atoms with Crippen LogP contribution in [0.1, 0.15) is 22.8 Å². The van der Waals surface area contributed by atoms with Crippen LogP contribution in [0.5, 0.6) is 0 Å². The van der Waals surface area contributed by atoms with Gasteiger partial charge < -0.3 is 15.0 Å². The summed E-state index contributed by atoms with van der Waals surface area (Å²) in [5.41, 5.74) is 2.65. The van der Waals surface area contributed by atoms with Crippen LogP contribution in [0.3, 0.4) is 0 Å². The molecule has 0 aliphatic rings. The summed E-state index contributed by atoms with van der Waals surface area (Å²) in [5, 5.41) is 3.14. The topological polar surface area (TPSA) is 54.5 Å². The van der Waals surface area contributed by atoms with Gasteiger partial charge in [0, 0.05) is 37.6 Å². The molecule has 1 amide bonds. The Hall–Kier alpha value is -2.40. The van der Waals surface area contributed by atoms with E-state index in [9.17, 15) is 4.79 Å². The molecule has 0 saturated heterocycles. The molecule has 0 radical (unpaired) electrons. The highest BCUT2D eigenvalue weighted by molar-refractivity contribution is 6.06. The van der Waals surface area contributed by atoms with Crippen LogP contribution in [0.2, 0.25) is 0 Å². The molecule has 0 aliphatic heterocycles. The third-order valence-corrected chi connectivity index (χ3v) is 3.49. The molecule has 2 aromatic rings. The second-order valence-corrected chi connectivity index (χ2v) is 5.24. The fourth-order valence-electron chi connectivity index (χ4n) is 2.34. The molecule has 122 valence electrons. The third-order valence-electron chi connectivity index (χ3n) is 3.49. The molecule has 0 unspecified atom stereocenters. The number of carbonyl (C=O) groups is 1. The first-order valence-corrected chi connectivity index (χ1v) is 7.73. The van der Waals surface area contributed by atoms with Crippen molar-refractivity contribution in [3.05, 3.63) is 53.7 Å². The zero-order valence-corrected chi connectivity index (χ0v) is 13.9. The molecule has 1 heterocycles. The fourth-order valence-corrected chi connectivity index (χ4v) is 2.34. The molecule has 0 fully saturated rings. The van der Waals surface area contributed by atoms with Gasteiger partial charge in [0.2, 0.25) is 0 Å². The van der Waals surface area contributed by atoms with Crippen molar-refractivity contribution < 1.29 is 9.53 Å². The lowest BCUT2D eigenvalue weighted by Crippen LogP contribution is -2.30. The Balaban J connectivity index is 2.19. The Labute approximate surface area is 137 Å². The summed E-state index contributed by atoms with van der Waals surface area (Å²) in [4.78, 5) is 18.8. The van der Waals surface area contributed by atoms with Gasteiger partial charge in [-0.25, -0.2) is 4.98 Å². The second kappa shape index (κ2) is 8.29. The van der Waals surface area contributed by atoms with Gasteiger partial charge in [-0.05, 0) is 43.7 Å². The lowest BCUT2D eigenvalue weighted by Gasteiger charge is -2.21. The first-order chi connectivity index (χ1) is 11.2. The number of benzene rings is 1. The van der Waals surface area contributed by atoms with Crippen molar-refractivity contribution in [3.63, 3.8) is 0 Å². The Morgan fingerprint density at radius 1 is 1.30 bits per heavy atom. The minimum Gasteiger partial charge on any atom is -0.383 e. The highest BCUT2D eigenvalue weighted by Crippen LogP contribution is 2.19. The number of aryl methyl sites for hydroxylation is 1. The van der Waals surface area contributed by atoms with Gasteiger partial charge in [0.25, 0.3) is 5.91 Å². The summed E-state index contributed by atoms with van der Waals surface area (Å²) >= 11 is 0. The lowest BCUT2D eigenvalue weighted by atomic mass is 10.1. The number of nitrogens with one attached hydrogen (secondary N) is 1. The van der Waals surface area contributed by atoms with Gasteiger partial charge in [-0.15, -0.1) is 0 Å². The van der Waals surface area contributed by atoms with Gasteiger partial charge in [0.1, 0.15) is 5.82 Å². The summed E-state index contributed by atoms with van der Waals surface area (Å²) in [5.74, 6) is 0.642. The smallest absolute Gasteiger partial charge is 0.258 e. The molecule has 0 bridgehead atoms. The first kappa shape index (κ1) is 17.0. The van der Waals surface area contributed by atoms with Crippen LogP contribution in [0.4, 0.5) is 11.5 Å². The van der Waals surface area contributed by atoms with Crippen molar-refractivity contribution in [1.29, 1.82) is 0 Å². The highest BCUT2D eigenvalue weighted by atomic mass is 16.5. The minimum absolute atomic E-state index is 0.0321. The van der Waals surface area contributed by atoms with Crippen molar-refractivity contribution in [3.8, 4) is 0 Å². The average Bonchev–Trinajstić information content (AvgIpc) is 2.56. The Morgan fingerprint density at radius 2 is 2.13 bits per heavy atom. The van der Waals surface area contributed by atoms with Gasteiger partial charge in [-0.2, -0.15) is 0 Å². The molecule has 23 heavy (non-hydrogen) atoms. The Morgan fingerprint density at radius 3 is 2.83 bits per heavy atom. The van der Waals surface area contributed by atoms with Crippen LogP contribution in [-0.2, 0) is 4.74 Å². The number of hydrogen-bond acceptors (Lipinski definition) is 4. The van der Waals surface area contributed by atoms with Crippen LogP contribution >= 0.6 is 0 Å². The lowest BCUT2D eigenvalue weighted by molar-refractivity contribution is 0.0988. The van der Waals surface area contributed by atoms with Crippen LogP contribution in [0.15, 0.2) is 42.6 Å². The van der Waals surface area contributed by atoms with E-state index in [4.69, 9.17) is 4.74 Å². The molecule has 0 spiro atoms. The van der Waals surface area contributed by atoms with Crippen molar-refractivity contribution in [2.75, 3.05) is 37.0 Å². The molecule has 1 N–H and O–H groups in total. The van der Waals surface area contributed by atoms with E-state index in [1.54, 1.807) is 30.3 Å². The van der Waals surface area contributed by atoms with E-state index in [1.807, 2.05) is 38.1 Å². The molecule has 0 saturated carbocycles. The molecule has 0 aliphatic carbocycles. The van der Waals surface area contributed by atoms with Gasteiger partial charge in [-0.1, -0.05) is 12.1 Å². The first-order valence-electron chi connectivity index (χ1n) is 7.73. The normalized spacial score (nSPS) is 10.4. The van der Waals surface area contributed by atoms with E-state index in [2.05, 4.69) is 10.3 Å². The number of ether oxygens (including phenoxy) is 1. The van der Waals surface area contributed by atoms with Crippen molar-refractivity contribution >= 4 is 17.4 Å². The maximum atomic E-state index is 12.8. The monoisotopic (exact) mass is 313 g/mol. The van der Waals surface area contributed by atoms with E-state index in [0.717, 1.165) is 11.3 Å². The predicted octanol–water partition coefficient (Wildman–Crippen LogP) is 3.12. The number of aromatic nitrogens is 1. The van der Waals surface area contributed by atoms with Gasteiger partial charge in [0.15, 0.2) is 0 Å². The molecule has 5 nitrogen and oxygen atoms in total. The van der Waals surface area contributed by atoms with Crippen molar-refractivity contribution in [2.45, 2.75) is 13.8 Å². The average molecular weight is 313 g/mol. The number of pyridine rings is 1. The van der Waals surface area contributed by atoms with Gasteiger partial charge >= 0.3 is 0 Å². The quantitative estimate of drug-likeness (QED) is 0.798. The summed E-state index contributed by atoms with van der Waals surface area (Å²) in [7, 11) is 1.65. The van der Waals surface area contributed by atoms with Gasteiger partial charge in [-0.3, -0.25) is 4.79 Å².